The maximum atomic E-state index is 12.0. The van der Waals surface area contributed by atoms with Crippen molar-refractivity contribution >= 4 is 29.3 Å². The van der Waals surface area contributed by atoms with Gasteiger partial charge in [-0.25, -0.2) is 9.59 Å². The Labute approximate surface area is 127 Å². The summed E-state index contributed by atoms with van der Waals surface area (Å²) in [5.74, 6) is -0.870. The number of carbonyl (C=O) groups is 2. The van der Waals surface area contributed by atoms with Gasteiger partial charge in [-0.2, -0.15) is 0 Å². The Bertz CT molecular complexity index is 544. The number of ether oxygens (including phenoxy) is 1. The minimum atomic E-state index is -1.15. The van der Waals surface area contributed by atoms with Crippen LogP contribution in [0.2, 0.25) is 5.02 Å². The maximum absolute atomic E-state index is 12.0. The Kier molecular flexibility index (Phi) is 5.03. The van der Waals surface area contributed by atoms with E-state index in [2.05, 4.69) is 10.6 Å². The molecule has 1 aromatic rings. The molecule has 7 heteroatoms. The van der Waals surface area contributed by atoms with Gasteiger partial charge in [-0.3, -0.25) is 0 Å². The lowest BCUT2D eigenvalue weighted by atomic mass is 10.0. The van der Waals surface area contributed by atoms with Gasteiger partial charge in [-0.1, -0.05) is 11.6 Å². The Morgan fingerprint density at radius 1 is 1.48 bits per heavy atom. The normalized spacial score (nSPS) is 19.0. The number of carboxylic acids is 1. The van der Waals surface area contributed by atoms with E-state index in [0.717, 1.165) is 6.42 Å². The number of rotatable bonds is 4. The highest BCUT2D eigenvalue weighted by atomic mass is 35.5. The zero-order chi connectivity index (χ0) is 15.4. The summed E-state index contributed by atoms with van der Waals surface area (Å²) in [7, 11) is 0. The van der Waals surface area contributed by atoms with Crippen molar-refractivity contribution in [1.82, 2.24) is 5.32 Å². The third-order valence-electron chi connectivity index (χ3n) is 3.49. The molecule has 0 saturated carbocycles. The van der Waals surface area contributed by atoms with Gasteiger partial charge in [0.1, 0.15) is 0 Å². The minimum absolute atomic E-state index is 0.0468. The van der Waals surface area contributed by atoms with E-state index in [0.29, 0.717) is 18.2 Å². The SMILES string of the molecule is CC(NC(=O)Nc1ccc(Cl)cc1C(=O)O)C1CCOC1. The summed E-state index contributed by atoms with van der Waals surface area (Å²) in [6, 6.07) is 3.80. The zero-order valence-corrected chi connectivity index (χ0v) is 12.3. The number of aromatic carboxylic acids is 1. The van der Waals surface area contributed by atoms with Crippen molar-refractivity contribution in [3.8, 4) is 0 Å². The highest BCUT2D eigenvalue weighted by Crippen LogP contribution is 2.21. The van der Waals surface area contributed by atoms with Crippen LogP contribution < -0.4 is 10.6 Å². The molecule has 6 nitrogen and oxygen atoms in total. The van der Waals surface area contributed by atoms with E-state index in [1.165, 1.54) is 18.2 Å². The van der Waals surface area contributed by atoms with Crippen molar-refractivity contribution in [1.29, 1.82) is 0 Å². The molecule has 1 aliphatic rings. The summed E-state index contributed by atoms with van der Waals surface area (Å²) in [6.07, 6.45) is 0.906. The first-order chi connectivity index (χ1) is 9.97. The lowest BCUT2D eigenvalue weighted by Crippen LogP contribution is -2.41. The molecule has 1 saturated heterocycles. The van der Waals surface area contributed by atoms with Gasteiger partial charge >= 0.3 is 12.0 Å². The predicted octanol–water partition coefficient (Wildman–Crippen LogP) is 2.58. The molecular formula is C14H17ClN2O4. The fourth-order valence-corrected chi connectivity index (χ4v) is 2.40. The number of carboxylic acid groups (broad SMARTS) is 1. The van der Waals surface area contributed by atoms with Gasteiger partial charge < -0.3 is 20.5 Å². The molecule has 2 rings (SSSR count). The minimum Gasteiger partial charge on any atom is -0.478 e. The van der Waals surface area contributed by atoms with Crippen molar-refractivity contribution in [3.63, 3.8) is 0 Å². The van der Waals surface area contributed by atoms with Crippen molar-refractivity contribution in [2.24, 2.45) is 5.92 Å². The molecule has 1 aromatic carbocycles. The highest BCUT2D eigenvalue weighted by Gasteiger charge is 2.24. The molecule has 1 fully saturated rings. The number of urea groups is 1. The molecule has 1 aliphatic heterocycles. The first kappa shape index (κ1) is 15.6. The summed E-state index contributed by atoms with van der Waals surface area (Å²) in [4.78, 5) is 23.1. The second kappa shape index (κ2) is 6.78. The van der Waals surface area contributed by atoms with Crippen LogP contribution >= 0.6 is 11.6 Å². The average molecular weight is 313 g/mol. The van der Waals surface area contributed by atoms with Crippen LogP contribution in [0.15, 0.2) is 18.2 Å². The molecular weight excluding hydrogens is 296 g/mol. The van der Waals surface area contributed by atoms with Crippen LogP contribution in [0.1, 0.15) is 23.7 Å². The Hall–Kier alpha value is -1.79. The molecule has 3 N–H and O–H groups in total. The molecule has 21 heavy (non-hydrogen) atoms. The maximum Gasteiger partial charge on any atom is 0.337 e. The molecule has 0 aromatic heterocycles. The number of amides is 2. The second-order valence-electron chi connectivity index (χ2n) is 5.01. The Balaban J connectivity index is 2.00. The topological polar surface area (TPSA) is 87.7 Å². The third-order valence-corrected chi connectivity index (χ3v) is 3.73. The molecule has 2 amide bonds. The molecule has 0 spiro atoms. The summed E-state index contributed by atoms with van der Waals surface area (Å²) >= 11 is 5.76. The molecule has 0 bridgehead atoms. The number of carbonyl (C=O) groups excluding carboxylic acids is 1. The van der Waals surface area contributed by atoms with Gasteiger partial charge in [-0.15, -0.1) is 0 Å². The number of halogens is 1. The summed E-state index contributed by atoms with van der Waals surface area (Å²) in [5, 5.41) is 14.7. The van der Waals surface area contributed by atoms with E-state index in [-0.39, 0.29) is 23.2 Å². The van der Waals surface area contributed by atoms with Gasteiger partial charge in [0.15, 0.2) is 0 Å². The van der Waals surface area contributed by atoms with E-state index in [4.69, 9.17) is 21.4 Å². The van der Waals surface area contributed by atoms with E-state index in [1.54, 1.807) is 0 Å². The van der Waals surface area contributed by atoms with E-state index >= 15 is 0 Å². The van der Waals surface area contributed by atoms with Crippen molar-refractivity contribution < 1.29 is 19.4 Å². The second-order valence-corrected chi connectivity index (χ2v) is 5.44. The largest absolute Gasteiger partial charge is 0.478 e. The first-order valence-corrected chi connectivity index (χ1v) is 7.03. The van der Waals surface area contributed by atoms with Crippen LogP contribution in [0, 0.1) is 5.92 Å². The number of benzene rings is 1. The van der Waals surface area contributed by atoms with Gasteiger partial charge in [0, 0.05) is 23.6 Å². The van der Waals surface area contributed by atoms with Gasteiger partial charge in [-0.05, 0) is 31.5 Å². The van der Waals surface area contributed by atoms with Gasteiger partial charge in [0.25, 0.3) is 0 Å². The van der Waals surface area contributed by atoms with Crippen molar-refractivity contribution in [2.45, 2.75) is 19.4 Å². The summed E-state index contributed by atoms with van der Waals surface area (Å²) in [5.41, 5.74) is 0.161. The van der Waals surface area contributed by atoms with Crippen LogP contribution in [0.25, 0.3) is 0 Å². The molecule has 0 aliphatic carbocycles. The summed E-state index contributed by atoms with van der Waals surface area (Å²) < 4.78 is 5.28. The number of hydrogen-bond donors (Lipinski definition) is 3. The quantitative estimate of drug-likeness (QED) is 0.797. The summed E-state index contributed by atoms with van der Waals surface area (Å²) in [6.45, 7) is 3.24. The third kappa shape index (κ3) is 4.09. The molecule has 2 atom stereocenters. The first-order valence-electron chi connectivity index (χ1n) is 6.65. The zero-order valence-electron chi connectivity index (χ0n) is 11.6. The monoisotopic (exact) mass is 312 g/mol. The predicted molar refractivity (Wildman–Crippen MR) is 79.0 cm³/mol. The lowest BCUT2D eigenvalue weighted by molar-refractivity contribution is 0.0698. The van der Waals surface area contributed by atoms with Crippen LogP contribution in [0.4, 0.5) is 10.5 Å². The molecule has 114 valence electrons. The number of nitrogens with one attached hydrogen (secondary N) is 2. The van der Waals surface area contributed by atoms with E-state index < -0.39 is 12.0 Å². The van der Waals surface area contributed by atoms with Crippen LogP contribution in [-0.2, 0) is 4.74 Å². The molecule has 0 radical (unpaired) electrons. The van der Waals surface area contributed by atoms with Crippen LogP contribution in [0.3, 0.4) is 0 Å². The lowest BCUT2D eigenvalue weighted by Gasteiger charge is -2.20. The van der Waals surface area contributed by atoms with Crippen LogP contribution in [0.5, 0.6) is 0 Å². The highest BCUT2D eigenvalue weighted by molar-refractivity contribution is 6.31. The van der Waals surface area contributed by atoms with Crippen molar-refractivity contribution in [3.05, 3.63) is 28.8 Å². The van der Waals surface area contributed by atoms with Gasteiger partial charge in [0.05, 0.1) is 17.9 Å². The smallest absolute Gasteiger partial charge is 0.337 e. The fourth-order valence-electron chi connectivity index (χ4n) is 2.23. The Morgan fingerprint density at radius 3 is 2.86 bits per heavy atom. The van der Waals surface area contributed by atoms with E-state index in [1.807, 2.05) is 6.92 Å². The van der Waals surface area contributed by atoms with E-state index in [9.17, 15) is 9.59 Å². The fraction of sp³-hybridized carbons (Fsp3) is 0.429. The van der Waals surface area contributed by atoms with Crippen molar-refractivity contribution in [2.75, 3.05) is 18.5 Å². The van der Waals surface area contributed by atoms with Gasteiger partial charge in [0.2, 0.25) is 0 Å². The average Bonchev–Trinajstić information content (AvgIpc) is 2.94. The van der Waals surface area contributed by atoms with Crippen LogP contribution in [-0.4, -0.2) is 36.4 Å². The number of anilines is 1. The molecule has 1 heterocycles. The number of hydrogen-bond acceptors (Lipinski definition) is 3. The Morgan fingerprint density at radius 2 is 2.24 bits per heavy atom. The molecule has 2 unspecified atom stereocenters. The standard InChI is InChI=1S/C14H17ClN2O4/c1-8(9-4-5-21-7-9)16-14(20)17-12-3-2-10(15)6-11(12)13(18)19/h2-3,6,8-9H,4-5,7H2,1H3,(H,18,19)(H2,16,17,20).